The molecule has 1 aliphatic rings. The molecule has 0 spiro atoms. The van der Waals surface area contributed by atoms with E-state index in [0.717, 1.165) is 11.8 Å². The SMILES string of the molecule is CS(=O)(=O)Oc1ccc([C@H]2CNC(=O)CO2)cc1. The Balaban J connectivity index is 2.06. The highest BCUT2D eigenvalue weighted by Crippen LogP contribution is 2.22. The van der Waals surface area contributed by atoms with Crippen LogP contribution in [-0.2, 0) is 19.6 Å². The predicted molar refractivity (Wildman–Crippen MR) is 63.6 cm³/mol. The third-order valence-corrected chi connectivity index (χ3v) is 2.89. The summed E-state index contributed by atoms with van der Waals surface area (Å²) in [5.41, 5.74) is 0.857. The van der Waals surface area contributed by atoms with E-state index in [4.69, 9.17) is 8.92 Å². The van der Waals surface area contributed by atoms with Crippen LogP contribution in [0.5, 0.6) is 5.75 Å². The molecule has 0 aromatic heterocycles. The van der Waals surface area contributed by atoms with Crippen molar-refractivity contribution in [1.82, 2.24) is 5.32 Å². The first-order chi connectivity index (χ1) is 8.44. The highest BCUT2D eigenvalue weighted by Gasteiger charge is 2.20. The van der Waals surface area contributed by atoms with Gasteiger partial charge in [0.2, 0.25) is 5.91 Å². The summed E-state index contributed by atoms with van der Waals surface area (Å²) in [7, 11) is -3.51. The lowest BCUT2D eigenvalue weighted by Gasteiger charge is -2.23. The molecule has 0 saturated carbocycles. The van der Waals surface area contributed by atoms with E-state index in [9.17, 15) is 13.2 Å². The minimum atomic E-state index is -3.51. The largest absolute Gasteiger partial charge is 0.383 e. The highest BCUT2D eigenvalue weighted by atomic mass is 32.2. The fourth-order valence-electron chi connectivity index (χ4n) is 1.62. The predicted octanol–water partition coefficient (Wildman–Crippen LogP) is 0.212. The Morgan fingerprint density at radius 1 is 1.33 bits per heavy atom. The number of ether oxygens (including phenoxy) is 1. The molecule has 1 aromatic carbocycles. The van der Waals surface area contributed by atoms with Crippen LogP contribution in [0.15, 0.2) is 24.3 Å². The number of rotatable bonds is 3. The van der Waals surface area contributed by atoms with E-state index in [1.807, 2.05) is 0 Å². The van der Waals surface area contributed by atoms with Crippen LogP contribution in [0, 0.1) is 0 Å². The average molecular weight is 271 g/mol. The highest BCUT2D eigenvalue weighted by molar-refractivity contribution is 7.86. The maximum Gasteiger partial charge on any atom is 0.306 e. The van der Waals surface area contributed by atoms with Gasteiger partial charge in [0, 0.05) is 6.54 Å². The van der Waals surface area contributed by atoms with Crippen LogP contribution in [0.25, 0.3) is 0 Å². The summed E-state index contributed by atoms with van der Waals surface area (Å²) < 4.78 is 31.9. The van der Waals surface area contributed by atoms with Gasteiger partial charge in [0.25, 0.3) is 0 Å². The lowest BCUT2D eigenvalue weighted by atomic mass is 10.1. The standard InChI is InChI=1S/C11H13NO5S/c1-18(14,15)17-9-4-2-8(3-5-9)10-6-12-11(13)7-16-10/h2-5,10H,6-7H2,1H3,(H,12,13)/t10-/m1/s1. The number of morpholine rings is 1. The Bertz CT molecular complexity index is 527. The fraction of sp³-hybridized carbons (Fsp3) is 0.364. The number of hydrogen-bond acceptors (Lipinski definition) is 5. The molecular weight excluding hydrogens is 258 g/mol. The molecule has 0 aliphatic carbocycles. The quantitative estimate of drug-likeness (QED) is 0.795. The van der Waals surface area contributed by atoms with Crippen LogP contribution in [0.3, 0.4) is 0 Å². The lowest BCUT2D eigenvalue weighted by Crippen LogP contribution is -2.38. The van der Waals surface area contributed by atoms with E-state index in [2.05, 4.69) is 5.32 Å². The van der Waals surface area contributed by atoms with Gasteiger partial charge in [-0.1, -0.05) is 12.1 Å². The zero-order valence-corrected chi connectivity index (χ0v) is 10.6. The van der Waals surface area contributed by atoms with Crippen molar-refractivity contribution < 1.29 is 22.1 Å². The molecule has 1 saturated heterocycles. The number of nitrogens with one attached hydrogen (secondary N) is 1. The van der Waals surface area contributed by atoms with Gasteiger partial charge in [-0.25, -0.2) is 0 Å². The van der Waals surface area contributed by atoms with Gasteiger partial charge in [-0.2, -0.15) is 8.42 Å². The molecule has 0 unspecified atom stereocenters. The van der Waals surface area contributed by atoms with Crippen molar-refractivity contribution in [2.24, 2.45) is 0 Å². The molecule has 18 heavy (non-hydrogen) atoms. The van der Waals surface area contributed by atoms with Crippen LogP contribution in [0.2, 0.25) is 0 Å². The minimum absolute atomic E-state index is 0.0340. The zero-order chi connectivity index (χ0) is 13.2. The van der Waals surface area contributed by atoms with Crippen LogP contribution in [0.4, 0.5) is 0 Å². The second-order valence-corrected chi connectivity index (χ2v) is 5.54. The summed E-state index contributed by atoms with van der Waals surface area (Å²) in [5, 5.41) is 2.69. The van der Waals surface area contributed by atoms with Gasteiger partial charge in [-0.3, -0.25) is 4.79 Å². The van der Waals surface area contributed by atoms with Gasteiger partial charge in [0.15, 0.2) is 0 Å². The van der Waals surface area contributed by atoms with E-state index >= 15 is 0 Å². The van der Waals surface area contributed by atoms with Gasteiger partial charge < -0.3 is 14.2 Å². The second-order valence-electron chi connectivity index (χ2n) is 3.96. The molecule has 6 nitrogen and oxygen atoms in total. The Labute approximate surface area is 105 Å². The van der Waals surface area contributed by atoms with Crippen molar-refractivity contribution in [1.29, 1.82) is 0 Å². The smallest absolute Gasteiger partial charge is 0.306 e. The van der Waals surface area contributed by atoms with Crippen LogP contribution < -0.4 is 9.50 Å². The maximum atomic E-state index is 10.9. The van der Waals surface area contributed by atoms with Crippen molar-refractivity contribution in [2.75, 3.05) is 19.4 Å². The third-order valence-electron chi connectivity index (χ3n) is 2.40. The topological polar surface area (TPSA) is 81.7 Å². The molecule has 98 valence electrons. The molecule has 1 N–H and O–H groups in total. The molecule has 0 radical (unpaired) electrons. The average Bonchev–Trinajstić information content (AvgIpc) is 2.29. The number of hydrogen-bond donors (Lipinski definition) is 1. The van der Waals surface area contributed by atoms with Gasteiger partial charge >= 0.3 is 10.1 Å². The van der Waals surface area contributed by atoms with Crippen molar-refractivity contribution in [3.8, 4) is 5.75 Å². The molecule has 1 amide bonds. The summed E-state index contributed by atoms with van der Waals surface area (Å²) >= 11 is 0. The van der Waals surface area contributed by atoms with Gasteiger partial charge in [-0.05, 0) is 17.7 Å². The summed E-state index contributed by atoms with van der Waals surface area (Å²) in [4.78, 5) is 10.9. The summed E-state index contributed by atoms with van der Waals surface area (Å²) in [6.07, 6.45) is 0.774. The monoisotopic (exact) mass is 271 g/mol. The molecule has 1 aromatic rings. The number of benzene rings is 1. The number of carbonyl (C=O) groups excluding carboxylic acids is 1. The first-order valence-electron chi connectivity index (χ1n) is 5.32. The first kappa shape index (κ1) is 12.8. The van der Waals surface area contributed by atoms with Crippen LogP contribution >= 0.6 is 0 Å². The van der Waals surface area contributed by atoms with Crippen LogP contribution in [-0.4, -0.2) is 33.7 Å². The lowest BCUT2D eigenvalue weighted by molar-refractivity contribution is -0.133. The van der Waals surface area contributed by atoms with E-state index in [1.54, 1.807) is 24.3 Å². The van der Waals surface area contributed by atoms with E-state index in [0.29, 0.717) is 6.54 Å². The Morgan fingerprint density at radius 3 is 2.50 bits per heavy atom. The van der Waals surface area contributed by atoms with Gasteiger partial charge in [-0.15, -0.1) is 0 Å². The Morgan fingerprint density at radius 2 is 2.00 bits per heavy atom. The summed E-state index contributed by atoms with van der Waals surface area (Å²) in [6.45, 7) is 0.442. The number of carbonyl (C=O) groups is 1. The van der Waals surface area contributed by atoms with Gasteiger partial charge in [0.1, 0.15) is 18.5 Å². The first-order valence-corrected chi connectivity index (χ1v) is 7.13. The van der Waals surface area contributed by atoms with Crippen molar-refractivity contribution in [3.05, 3.63) is 29.8 Å². The molecule has 1 fully saturated rings. The Kier molecular flexibility index (Phi) is 3.53. The molecule has 1 atom stereocenters. The van der Waals surface area contributed by atoms with E-state index in [1.165, 1.54) is 0 Å². The molecule has 1 aliphatic heterocycles. The van der Waals surface area contributed by atoms with E-state index < -0.39 is 10.1 Å². The zero-order valence-electron chi connectivity index (χ0n) is 9.75. The number of amides is 1. The van der Waals surface area contributed by atoms with E-state index in [-0.39, 0.29) is 24.4 Å². The fourth-order valence-corrected chi connectivity index (χ4v) is 2.08. The molecule has 7 heteroatoms. The molecule has 1 heterocycles. The van der Waals surface area contributed by atoms with Crippen molar-refractivity contribution in [2.45, 2.75) is 6.10 Å². The normalized spacial score (nSPS) is 20.3. The van der Waals surface area contributed by atoms with Gasteiger partial charge in [0.05, 0.1) is 6.26 Å². The minimum Gasteiger partial charge on any atom is -0.383 e. The van der Waals surface area contributed by atoms with Crippen molar-refractivity contribution in [3.63, 3.8) is 0 Å². The molecular formula is C11H13NO5S. The summed E-state index contributed by atoms with van der Waals surface area (Å²) in [6, 6.07) is 6.53. The van der Waals surface area contributed by atoms with Crippen LogP contribution in [0.1, 0.15) is 11.7 Å². The Hall–Kier alpha value is -1.60. The third kappa shape index (κ3) is 3.44. The molecule has 0 bridgehead atoms. The van der Waals surface area contributed by atoms with Crippen molar-refractivity contribution >= 4 is 16.0 Å². The summed E-state index contributed by atoms with van der Waals surface area (Å²) in [5.74, 6) is 0.115. The second kappa shape index (κ2) is 4.95. The molecule has 2 rings (SSSR count). The maximum absolute atomic E-state index is 10.9.